The van der Waals surface area contributed by atoms with Crippen LogP contribution in [0.25, 0.3) is 0 Å². The van der Waals surface area contributed by atoms with Crippen LogP contribution in [0.2, 0.25) is 0 Å². The third kappa shape index (κ3) is 5.28. The van der Waals surface area contributed by atoms with Crippen LogP contribution in [0.1, 0.15) is 62.7 Å². The topological polar surface area (TPSA) is 110 Å². The zero-order valence-electron chi connectivity index (χ0n) is 21.4. The number of amides is 2. The zero-order chi connectivity index (χ0) is 28.1. The maximum atomic E-state index is 14.2. The molecule has 6 atom stereocenters. The summed E-state index contributed by atoms with van der Waals surface area (Å²) < 4.78 is 59.9. The van der Waals surface area contributed by atoms with Gasteiger partial charge in [-0.2, -0.15) is 13.2 Å². The number of carbonyl (C=O) groups excluding carboxylic acids is 2. The summed E-state index contributed by atoms with van der Waals surface area (Å²) in [6, 6.07) is 5.79. The fourth-order valence-corrected chi connectivity index (χ4v) is 5.49. The lowest BCUT2D eigenvalue weighted by Gasteiger charge is -2.39. The lowest BCUT2D eigenvalue weighted by atomic mass is 9.91. The van der Waals surface area contributed by atoms with Gasteiger partial charge >= 0.3 is 6.18 Å². The molecule has 12 heteroatoms. The summed E-state index contributed by atoms with van der Waals surface area (Å²) in [6.07, 6.45) is -3.70. The standard InChI is InChI=1S/C27H29F4N5O3/c1-3-26(2)11-22(37)36(25(32)35-26)23(14-8-15(28)13-33-12-14)17-9-18(17)24(38)34-19-10-21(27(29,30)31)39-20-7-5-4-6-16(19)20/h4-8,12-13,17-19,21,23H,3,9-11H2,1-2H3,(H2,32,35)(H,34,38)/t17-,18-,19-,21-,23+,26-/m0/s1. The molecular weight excluding hydrogens is 518 g/mol. The minimum atomic E-state index is -4.60. The molecule has 3 heterocycles. The number of ether oxygens (including phenoxy) is 1. The molecule has 8 nitrogen and oxygen atoms in total. The van der Waals surface area contributed by atoms with E-state index >= 15 is 0 Å². The van der Waals surface area contributed by atoms with Gasteiger partial charge in [0, 0.05) is 24.1 Å². The van der Waals surface area contributed by atoms with Gasteiger partial charge in [-0.3, -0.25) is 19.5 Å². The van der Waals surface area contributed by atoms with E-state index < -0.39 is 59.9 Å². The van der Waals surface area contributed by atoms with Gasteiger partial charge in [-0.25, -0.2) is 9.38 Å². The molecule has 0 spiro atoms. The van der Waals surface area contributed by atoms with E-state index in [0.29, 0.717) is 24.0 Å². The summed E-state index contributed by atoms with van der Waals surface area (Å²) in [5.74, 6) is -2.46. The Morgan fingerprint density at radius 2 is 2.03 bits per heavy atom. The second kappa shape index (κ2) is 9.80. The summed E-state index contributed by atoms with van der Waals surface area (Å²) in [5, 5.41) is 2.76. The largest absolute Gasteiger partial charge is 0.480 e. The number of aliphatic imine (C=N–C) groups is 1. The first kappa shape index (κ1) is 26.9. The van der Waals surface area contributed by atoms with E-state index in [9.17, 15) is 27.2 Å². The van der Waals surface area contributed by atoms with Crippen LogP contribution in [0.15, 0.2) is 47.7 Å². The van der Waals surface area contributed by atoms with Crippen molar-refractivity contribution in [3.63, 3.8) is 0 Å². The lowest BCUT2D eigenvalue weighted by molar-refractivity contribution is -0.201. The van der Waals surface area contributed by atoms with Crippen molar-refractivity contribution in [3.05, 3.63) is 59.7 Å². The molecule has 2 aromatic rings. The van der Waals surface area contributed by atoms with E-state index in [0.717, 1.165) is 6.20 Å². The molecule has 1 aromatic carbocycles. The third-order valence-electron chi connectivity index (χ3n) is 7.82. The van der Waals surface area contributed by atoms with Crippen LogP contribution in [0.3, 0.4) is 0 Å². The number of benzene rings is 1. The Labute approximate surface area is 222 Å². The highest BCUT2D eigenvalue weighted by atomic mass is 19.4. The first-order valence-electron chi connectivity index (χ1n) is 12.8. The number of nitrogens with zero attached hydrogens (tertiary/aromatic N) is 3. The van der Waals surface area contributed by atoms with E-state index in [1.165, 1.54) is 23.2 Å². The zero-order valence-corrected chi connectivity index (χ0v) is 21.4. The molecule has 3 N–H and O–H groups in total. The van der Waals surface area contributed by atoms with E-state index in [1.54, 1.807) is 18.2 Å². The number of guanidine groups is 1. The van der Waals surface area contributed by atoms with Crippen LogP contribution in [0.5, 0.6) is 5.75 Å². The molecule has 0 radical (unpaired) electrons. The van der Waals surface area contributed by atoms with Crippen molar-refractivity contribution in [2.45, 2.75) is 69.4 Å². The molecule has 2 aliphatic heterocycles. The Bertz CT molecular complexity index is 1320. The molecule has 208 valence electrons. The lowest BCUT2D eigenvalue weighted by Crippen LogP contribution is -2.52. The number of alkyl halides is 3. The molecule has 2 amide bonds. The van der Waals surface area contributed by atoms with Crippen LogP contribution < -0.4 is 15.8 Å². The summed E-state index contributed by atoms with van der Waals surface area (Å²) in [5.41, 5.74) is 6.40. The molecule has 0 bridgehead atoms. The van der Waals surface area contributed by atoms with Crippen molar-refractivity contribution < 1.29 is 31.9 Å². The maximum absolute atomic E-state index is 14.2. The van der Waals surface area contributed by atoms with Crippen LogP contribution in [0.4, 0.5) is 17.6 Å². The van der Waals surface area contributed by atoms with Gasteiger partial charge in [0.2, 0.25) is 11.8 Å². The van der Waals surface area contributed by atoms with Gasteiger partial charge in [-0.1, -0.05) is 25.1 Å². The summed E-state index contributed by atoms with van der Waals surface area (Å²) >= 11 is 0. The van der Waals surface area contributed by atoms with E-state index in [-0.39, 0.29) is 24.0 Å². The molecule has 0 saturated heterocycles. The van der Waals surface area contributed by atoms with Crippen LogP contribution in [-0.2, 0) is 9.59 Å². The fraction of sp³-hybridized carbons (Fsp3) is 0.481. The molecule has 3 aliphatic rings. The van der Waals surface area contributed by atoms with Crippen molar-refractivity contribution in [3.8, 4) is 5.75 Å². The number of carbonyl (C=O) groups is 2. The number of nitrogens with one attached hydrogen (secondary N) is 1. The van der Waals surface area contributed by atoms with Crippen LogP contribution in [0, 0.1) is 17.7 Å². The molecule has 5 rings (SSSR count). The molecule has 1 fully saturated rings. The molecular formula is C27H29F4N5O3. The average Bonchev–Trinajstić information content (AvgIpc) is 3.66. The number of rotatable bonds is 6. The Morgan fingerprint density at radius 3 is 2.69 bits per heavy atom. The smallest absolute Gasteiger partial charge is 0.425 e. The maximum Gasteiger partial charge on any atom is 0.425 e. The highest BCUT2D eigenvalue weighted by molar-refractivity contribution is 5.99. The number of aromatic nitrogens is 1. The van der Waals surface area contributed by atoms with Crippen molar-refractivity contribution in [2.75, 3.05) is 0 Å². The second-order valence-electron chi connectivity index (χ2n) is 10.6. The van der Waals surface area contributed by atoms with Crippen molar-refractivity contribution in [1.82, 2.24) is 15.2 Å². The average molecular weight is 548 g/mol. The summed E-state index contributed by atoms with van der Waals surface area (Å²) in [6.45, 7) is 3.72. The normalized spacial score (nSPS) is 29.1. The Morgan fingerprint density at radius 1 is 1.28 bits per heavy atom. The quantitative estimate of drug-likeness (QED) is 0.528. The number of hydrogen-bond donors (Lipinski definition) is 2. The Kier molecular flexibility index (Phi) is 6.76. The van der Waals surface area contributed by atoms with Gasteiger partial charge < -0.3 is 15.8 Å². The number of halogens is 4. The minimum Gasteiger partial charge on any atom is -0.480 e. The summed E-state index contributed by atoms with van der Waals surface area (Å²) in [7, 11) is 0. The van der Waals surface area contributed by atoms with Gasteiger partial charge in [0.1, 0.15) is 11.6 Å². The first-order valence-corrected chi connectivity index (χ1v) is 12.8. The van der Waals surface area contributed by atoms with Crippen LogP contribution in [-0.4, -0.2) is 45.5 Å². The van der Waals surface area contributed by atoms with Gasteiger partial charge in [0.25, 0.3) is 0 Å². The fourth-order valence-electron chi connectivity index (χ4n) is 5.49. The second-order valence-corrected chi connectivity index (χ2v) is 10.6. The SMILES string of the molecule is CC[C@@]1(C)CC(=O)N([C@H](c2cncc(F)c2)[C@H]2C[C@@H]2C(=O)N[C@H]2C[C@@H](C(F)(F)F)Oc3ccccc32)C(N)=N1. The van der Waals surface area contributed by atoms with Crippen molar-refractivity contribution in [1.29, 1.82) is 0 Å². The van der Waals surface area contributed by atoms with E-state index in [1.807, 2.05) is 13.8 Å². The predicted molar refractivity (Wildman–Crippen MR) is 133 cm³/mol. The molecule has 39 heavy (non-hydrogen) atoms. The minimum absolute atomic E-state index is 0.0257. The molecule has 0 unspecified atom stereocenters. The molecule has 1 aromatic heterocycles. The number of hydrogen-bond acceptors (Lipinski definition) is 6. The van der Waals surface area contributed by atoms with Crippen LogP contribution >= 0.6 is 0 Å². The van der Waals surface area contributed by atoms with E-state index in [2.05, 4.69) is 15.3 Å². The number of nitrogens with two attached hydrogens (primary N) is 1. The number of pyridine rings is 1. The summed E-state index contributed by atoms with van der Waals surface area (Å²) in [4.78, 5) is 36.4. The third-order valence-corrected chi connectivity index (χ3v) is 7.82. The van der Waals surface area contributed by atoms with Gasteiger partial charge in [0.15, 0.2) is 12.1 Å². The number of fused-ring (bicyclic) bond motifs is 1. The van der Waals surface area contributed by atoms with Crippen molar-refractivity contribution >= 4 is 17.8 Å². The highest BCUT2D eigenvalue weighted by Gasteiger charge is 2.54. The van der Waals surface area contributed by atoms with Gasteiger partial charge in [-0.05, 0) is 43.4 Å². The highest BCUT2D eigenvalue weighted by Crippen LogP contribution is 2.52. The number of para-hydroxylation sites is 1. The first-order chi connectivity index (χ1) is 18.4. The predicted octanol–water partition coefficient (Wildman–Crippen LogP) is 4.18. The molecule has 1 aliphatic carbocycles. The van der Waals surface area contributed by atoms with E-state index in [4.69, 9.17) is 10.5 Å². The molecule has 1 saturated carbocycles. The van der Waals surface area contributed by atoms with Crippen molar-refractivity contribution in [2.24, 2.45) is 22.6 Å². The Hall–Kier alpha value is -3.70. The van der Waals surface area contributed by atoms with Gasteiger partial charge in [-0.15, -0.1) is 0 Å². The van der Waals surface area contributed by atoms with Gasteiger partial charge in [0.05, 0.1) is 30.2 Å². The Balaban J connectivity index is 1.41. The monoisotopic (exact) mass is 547 g/mol.